The number of aliphatic imine (C=N–C) groups is 1. The Morgan fingerprint density at radius 1 is 1.75 bits per heavy atom. The average molecular weight is 224 g/mol. The van der Waals surface area contributed by atoms with Crippen LogP contribution in [0.5, 0.6) is 0 Å². The largest absolute Gasteiger partial charge is 0.345 e. The molecule has 0 spiro atoms. The molecule has 1 rings (SSSR count). The highest BCUT2D eigenvalue weighted by Gasteiger charge is 2.10. The molecule has 0 saturated heterocycles. The minimum atomic E-state index is 0.513. The summed E-state index contributed by atoms with van der Waals surface area (Å²) in [5.41, 5.74) is 1.19. The van der Waals surface area contributed by atoms with Gasteiger partial charge in [0.15, 0.2) is 0 Å². The predicted molar refractivity (Wildman–Crippen MR) is 52.7 cm³/mol. The zero-order valence-electron chi connectivity index (χ0n) is 6.26. The molecule has 1 aromatic rings. The Morgan fingerprint density at radius 2 is 2.42 bits per heavy atom. The monoisotopic (exact) mass is 223 g/mol. The maximum absolute atomic E-state index is 8.68. The maximum atomic E-state index is 8.68. The maximum Gasteiger partial charge on any atom is 0.138 e. The number of nitrogens with zero attached hydrogens (tertiary/aromatic N) is 2. The van der Waals surface area contributed by atoms with E-state index < -0.39 is 0 Å². The lowest BCUT2D eigenvalue weighted by Crippen LogP contribution is -1.76. The Balaban J connectivity index is 3.38. The van der Waals surface area contributed by atoms with Gasteiger partial charge in [0.2, 0.25) is 0 Å². The number of aromatic nitrogens is 1. The van der Waals surface area contributed by atoms with E-state index in [0.717, 1.165) is 0 Å². The molecule has 0 aromatic carbocycles. The molecule has 0 unspecified atom stereocenters. The van der Waals surface area contributed by atoms with Gasteiger partial charge in [-0.05, 0) is 6.72 Å². The Bertz CT molecular complexity index is 370. The number of rotatable bonds is 2. The van der Waals surface area contributed by atoms with Crippen molar-refractivity contribution in [3.05, 3.63) is 23.9 Å². The Morgan fingerprint density at radius 3 is 2.83 bits per heavy atom. The van der Waals surface area contributed by atoms with E-state index in [2.05, 4.69) is 39.2 Å². The fourth-order valence-electron chi connectivity index (χ4n) is 0.900. The van der Waals surface area contributed by atoms with E-state index in [-0.39, 0.29) is 0 Å². The lowest BCUT2D eigenvalue weighted by Gasteiger charge is -1.94. The fourth-order valence-corrected chi connectivity index (χ4v) is 1.30. The minimum absolute atomic E-state index is 0.513. The first kappa shape index (κ1) is 8.75. The second-order valence-electron chi connectivity index (χ2n) is 2.10. The number of hydrogen-bond acceptors (Lipinski definition) is 2. The molecule has 0 aliphatic rings. The fraction of sp³-hybridized carbons (Fsp3) is 0. The van der Waals surface area contributed by atoms with Crippen molar-refractivity contribution < 1.29 is 0 Å². The van der Waals surface area contributed by atoms with Crippen LogP contribution in [-0.2, 0) is 0 Å². The highest BCUT2D eigenvalue weighted by Crippen LogP contribution is 2.30. The quantitative estimate of drug-likeness (QED) is 0.771. The van der Waals surface area contributed by atoms with E-state index in [9.17, 15) is 0 Å². The van der Waals surface area contributed by atoms with E-state index in [1.807, 2.05) is 6.07 Å². The van der Waals surface area contributed by atoms with Crippen molar-refractivity contribution in [1.29, 1.82) is 5.26 Å². The van der Waals surface area contributed by atoms with Crippen molar-refractivity contribution in [3.63, 3.8) is 0 Å². The van der Waals surface area contributed by atoms with Gasteiger partial charge in [0.05, 0.1) is 11.1 Å². The highest BCUT2D eigenvalue weighted by atomic mass is 79.9. The first-order valence-electron chi connectivity index (χ1n) is 3.13. The zero-order chi connectivity index (χ0) is 9.14. The van der Waals surface area contributed by atoms with Crippen LogP contribution in [0.3, 0.4) is 0 Å². The molecule has 4 heteroatoms. The Labute approximate surface area is 78.6 Å². The molecule has 1 aromatic heterocycles. The summed E-state index contributed by atoms with van der Waals surface area (Å²) >= 11 is 3.19. The van der Waals surface area contributed by atoms with Gasteiger partial charge in [0, 0.05) is 10.7 Å². The van der Waals surface area contributed by atoms with Crippen LogP contribution in [0.25, 0.3) is 4.48 Å². The second kappa shape index (κ2) is 3.37. The summed E-state index contributed by atoms with van der Waals surface area (Å²) in [6, 6.07) is 2.02. The van der Waals surface area contributed by atoms with Gasteiger partial charge in [0.25, 0.3) is 0 Å². The molecule has 0 aliphatic carbocycles. The van der Waals surface area contributed by atoms with Crippen LogP contribution in [0.4, 0.5) is 5.82 Å². The minimum Gasteiger partial charge on any atom is -0.345 e. The molecule has 0 atom stereocenters. The standard InChI is InChI=1S/C8H6BrN3/c1-5(9)7-6(3-10)4-12-8(7)11-2/h4,12H,1-2H2. The van der Waals surface area contributed by atoms with Crippen LogP contribution in [0.1, 0.15) is 11.1 Å². The van der Waals surface area contributed by atoms with E-state index >= 15 is 0 Å². The lowest BCUT2D eigenvalue weighted by molar-refractivity contribution is 1.34. The molecule has 1 N–H and O–H groups in total. The van der Waals surface area contributed by atoms with Crippen molar-refractivity contribution in [3.8, 4) is 6.07 Å². The van der Waals surface area contributed by atoms with Gasteiger partial charge in [-0.25, -0.2) is 4.99 Å². The molecular weight excluding hydrogens is 218 g/mol. The third-order valence-corrected chi connectivity index (χ3v) is 1.81. The SMILES string of the molecule is C=Nc1[nH]cc(C#N)c1C(=C)Br. The summed E-state index contributed by atoms with van der Waals surface area (Å²) in [5, 5.41) is 8.68. The smallest absolute Gasteiger partial charge is 0.138 e. The first-order valence-corrected chi connectivity index (χ1v) is 3.93. The topological polar surface area (TPSA) is 51.9 Å². The lowest BCUT2D eigenvalue weighted by atomic mass is 10.2. The van der Waals surface area contributed by atoms with Gasteiger partial charge in [-0.15, -0.1) is 0 Å². The van der Waals surface area contributed by atoms with Gasteiger partial charge in [0.1, 0.15) is 11.9 Å². The molecule has 3 nitrogen and oxygen atoms in total. The third kappa shape index (κ3) is 1.31. The van der Waals surface area contributed by atoms with Crippen LogP contribution >= 0.6 is 15.9 Å². The molecule has 12 heavy (non-hydrogen) atoms. The van der Waals surface area contributed by atoms with Crippen molar-refractivity contribution in [1.82, 2.24) is 4.98 Å². The van der Waals surface area contributed by atoms with Crippen LogP contribution in [0, 0.1) is 11.3 Å². The summed E-state index contributed by atoms with van der Waals surface area (Å²) < 4.78 is 0.628. The predicted octanol–water partition coefficient (Wildman–Crippen LogP) is 2.58. The number of halogens is 1. The molecule has 0 amide bonds. The van der Waals surface area contributed by atoms with Crippen LogP contribution in [0.15, 0.2) is 17.8 Å². The number of nitrogens with one attached hydrogen (secondary N) is 1. The molecule has 0 fully saturated rings. The van der Waals surface area contributed by atoms with Crippen LogP contribution < -0.4 is 0 Å². The van der Waals surface area contributed by atoms with Gasteiger partial charge < -0.3 is 4.98 Å². The Kier molecular flexibility index (Phi) is 2.46. The van der Waals surface area contributed by atoms with E-state index in [1.54, 1.807) is 6.20 Å². The van der Waals surface area contributed by atoms with Gasteiger partial charge in [-0.2, -0.15) is 5.26 Å². The molecule has 60 valence electrons. The van der Waals surface area contributed by atoms with Gasteiger partial charge >= 0.3 is 0 Å². The summed E-state index contributed by atoms with van der Waals surface area (Å²) in [7, 11) is 0. The van der Waals surface area contributed by atoms with Gasteiger partial charge in [-0.1, -0.05) is 22.5 Å². The number of H-pyrrole nitrogens is 1. The molecule has 0 saturated carbocycles. The third-order valence-electron chi connectivity index (χ3n) is 1.41. The molecule has 0 radical (unpaired) electrons. The summed E-state index contributed by atoms with van der Waals surface area (Å²) in [6.45, 7) is 7.04. The molecule has 1 heterocycles. The van der Waals surface area contributed by atoms with Gasteiger partial charge in [-0.3, -0.25) is 0 Å². The highest BCUT2D eigenvalue weighted by molar-refractivity contribution is 9.15. The Hall–Kier alpha value is -1.34. The summed E-state index contributed by atoms with van der Waals surface area (Å²) in [4.78, 5) is 6.53. The number of aromatic amines is 1. The normalized spacial score (nSPS) is 9.00. The van der Waals surface area contributed by atoms with Crippen molar-refractivity contribution in [2.45, 2.75) is 0 Å². The second-order valence-corrected chi connectivity index (χ2v) is 3.06. The summed E-state index contributed by atoms with van der Waals surface area (Å²) in [6.07, 6.45) is 1.58. The van der Waals surface area contributed by atoms with Crippen molar-refractivity contribution in [2.75, 3.05) is 0 Å². The molecule has 0 bridgehead atoms. The van der Waals surface area contributed by atoms with Crippen molar-refractivity contribution >= 4 is 32.9 Å². The number of nitriles is 1. The van der Waals surface area contributed by atoms with E-state index in [4.69, 9.17) is 5.26 Å². The van der Waals surface area contributed by atoms with E-state index in [1.165, 1.54) is 0 Å². The van der Waals surface area contributed by atoms with E-state index in [0.29, 0.717) is 21.4 Å². The first-order chi connectivity index (χ1) is 5.70. The average Bonchev–Trinajstić information content (AvgIpc) is 2.46. The number of hydrogen-bond donors (Lipinski definition) is 1. The van der Waals surface area contributed by atoms with Crippen molar-refractivity contribution in [2.24, 2.45) is 4.99 Å². The summed E-state index contributed by atoms with van der Waals surface area (Å²) in [5.74, 6) is 0.563. The van der Waals surface area contributed by atoms with Crippen LogP contribution in [0.2, 0.25) is 0 Å². The molecular formula is C8H6BrN3. The molecule has 0 aliphatic heterocycles. The van der Waals surface area contributed by atoms with Crippen LogP contribution in [-0.4, -0.2) is 11.7 Å². The zero-order valence-corrected chi connectivity index (χ0v) is 7.85.